The maximum absolute atomic E-state index is 12.1. The van der Waals surface area contributed by atoms with E-state index >= 15 is 0 Å². The molecule has 2 heteroatoms. The number of nitrogens with zero attached hydrogens (tertiary/aromatic N) is 1. The van der Waals surface area contributed by atoms with E-state index in [1.807, 2.05) is 18.2 Å². The van der Waals surface area contributed by atoms with Gasteiger partial charge < -0.3 is 4.90 Å². The van der Waals surface area contributed by atoms with E-state index in [0.29, 0.717) is 18.2 Å². The fourth-order valence-corrected chi connectivity index (χ4v) is 2.59. The Morgan fingerprint density at radius 1 is 1.24 bits per heavy atom. The molecule has 0 aromatic heterocycles. The maximum atomic E-state index is 12.1. The van der Waals surface area contributed by atoms with Gasteiger partial charge in [0.2, 0.25) is 0 Å². The Balaban J connectivity index is 1.97. The number of para-hydroxylation sites is 1. The molecule has 1 aliphatic rings. The molecule has 0 amide bonds. The molecule has 0 N–H and O–H groups in total. The molecule has 2 rings (SSSR count). The van der Waals surface area contributed by atoms with Crippen molar-refractivity contribution in [2.75, 3.05) is 18.0 Å². The minimum atomic E-state index is 0.327. The molecule has 1 fully saturated rings. The molecular formula is C15H21NO. The highest BCUT2D eigenvalue weighted by molar-refractivity contribution is 5.85. The highest BCUT2D eigenvalue weighted by atomic mass is 16.1. The van der Waals surface area contributed by atoms with Crippen molar-refractivity contribution in [1.29, 1.82) is 0 Å². The molecule has 0 atom stereocenters. The number of Topliss-reactive ketones (excluding diaryl/α,β-unsaturated/α-hetero) is 1. The Morgan fingerprint density at radius 3 is 2.47 bits per heavy atom. The highest BCUT2D eigenvalue weighted by Gasteiger charge is 2.23. The molecule has 0 radical (unpaired) electrons. The first kappa shape index (κ1) is 12.2. The van der Waals surface area contributed by atoms with Gasteiger partial charge >= 0.3 is 0 Å². The number of benzene rings is 1. The summed E-state index contributed by atoms with van der Waals surface area (Å²) in [7, 11) is 0. The molecule has 17 heavy (non-hydrogen) atoms. The summed E-state index contributed by atoms with van der Waals surface area (Å²) in [5, 5.41) is 0. The van der Waals surface area contributed by atoms with Crippen molar-refractivity contribution in [3.8, 4) is 0 Å². The quantitative estimate of drug-likeness (QED) is 0.775. The lowest BCUT2D eigenvalue weighted by Gasteiger charge is -2.23. The molecule has 0 bridgehead atoms. The molecular weight excluding hydrogens is 210 g/mol. The second-order valence-electron chi connectivity index (χ2n) is 4.80. The van der Waals surface area contributed by atoms with E-state index in [0.717, 1.165) is 25.1 Å². The summed E-state index contributed by atoms with van der Waals surface area (Å²) in [4.78, 5) is 14.3. The summed E-state index contributed by atoms with van der Waals surface area (Å²) in [5.74, 6) is 0.751. The van der Waals surface area contributed by atoms with Gasteiger partial charge in [0, 0.05) is 18.2 Å². The van der Waals surface area contributed by atoms with Crippen molar-refractivity contribution >= 4 is 11.5 Å². The third kappa shape index (κ3) is 3.09. The standard InChI is InChI=1S/C15H21NO/c1-2-16(14-10-4-3-5-11-14)12-15(17)13-8-6-7-9-13/h3-5,10-11,13H,2,6-9,12H2,1H3. The first-order valence-corrected chi connectivity index (χ1v) is 6.64. The summed E-state index contributed by atoms with van der Waals surface area (Å²) >= 11 is 0. The molecule has 0 saturated heterocycles. The van der Waals surface area contributed by atoms with Crippen LogP contribution in [0, 0.1) is 5.92 Å². The minimum Gasteiger partial charge on any atom is -0.364 e. The molecule has 0 unspecified atom stereocenters. The van der Waals surface area contributed by atoms with Crippen LogP contribution in [0.2, 0.25) is 0 Å². The molecule has 0 heterocycles. The van der Waals surface area contributed by atoms with Crippen LogP contribution in [0.25, 0.3) is 0 Å². The Bertz CT molecular complexity index is 354. The van der Waals surface area contributed by atoms with Crippen molar-refractivity contribution < 1.29 is 4.79 Å². The summed E-state index contributed by atoms with van der Waals surface area (Å²) in [6, 6.07) is 10.2. The van der Waals surface area contributed by atoms with Crippen LogP contribution < -0.4 is 4.90 Å². The molecule has 1 aliphatic carbocycles. The number of carbonyl (C=O) groups is 1. The Morgan fingerprint density at radius 2 is 1.88 bits per heavy atom. The molecule has 1 aromatic carbocycles. The first-order valence-electron chi connectivity index (χ1n) is 6.64. The van der Waals surface area contributed by atoms with Gasteiger partial charge in [-0.15, -0.1) is 0 Å². The summed E-state index contributed by atoms with van der Waals surface area (Å²) in [5.41, 5.74) is 1.15. The second-order valence-corrected chi connectivity index (χ2v) is 4.80. The maximum Gasteiger partial charge on any atom is 0.155 e. The molecule has 1 saturated carbocycles. The molecule has 1 aromatic rings. The number of likely N-dealkylation sites (N-methyl/N-ethyl adjacent to an activating group) is 1. The number of ketones is 1. The fraction of sp³-hybridized carbons (Fsp3) is 0.533. The first-order chi connectivity index (χ1) is 8.31. The van der Waals surface area contributed by atoms with Gasteiger partial charge in [0.25, 0.3) is 0 Å². The lowest BCUT2D eigenvalue weighted by Crippen LogP contribution is -2.32. The fourth-order valence-electron chi connectivity index (χ4n) is 2.59. The number of hydrogen-bond donors (Lipinski definition) is 0. The van der Waals surface area contributed by atoms with E-state index in [-0.39, 0.29) is 0 Å². The summed E-state index contributed by atoms with van der Waals surface area (Å²) in [6.07, 6.45) is 4.66. The Kier molecular flexibility index (Phi) is 4.18. The lowest BCUT2D eigenvalue weighted by atomic mass is 10.0. The molecule has 92 valence electrons. The number of rotatable bonds is 5. The van der Waals surface area contributed by atoms with Crippen molar-refractivity contribution in [3.05, 3.63) is 30.3 Å². The summed E-state index contributed by atoms with van der Waals surface area (Å²) < 4.78 is 0. The minimum absolute atomic E-state index is 0.327. The van der Waals surface area contributed by atoms with Crippen LogP contribution in [0.15, 0.2) is 30.3 Å². The zero-order valence-corrected chi connectivity index (χ0v) is 10.6. The second kappa shape index (κ2) is 5.85. The van der Waals surface area contributed by atoms with E-state index < -0.39 is 0 Å². The summed E-state index contributed by atoms with van der Waals surface area (Å²) in [6.45, 7) is 3.57. The van der Waals surface area contributed by atoms with Crippen LogP contribution in [0.5, 0.6) is 0 Å². The van der Waals surface area contributed by atoms with Gasteiger partial charge in [-0.1, -0.05) is 31.0 Å². The normalized spacial score (nSPS) is 16.1. The lowest BCUT2D eigenvalue weighted by molar-refractivity contribution is -0.121. The number of anilines is 1. The van der Waals surface area contributed by atoms with E-state index in [9.17, 15) is 4.79 Å². The van der Waals surface area contributed by atoms with E-state index in [2.05, 4.69) is 24.0 Å². The Hall–Kier alpha value is -1.31. The third-order valence-corrected chi connectivity index (χ3v) is 3.66. The number of carbonyl (C=O) groups excluding carboxylic acids is 1. The largest absolute Gasteiger partial charge is 0.364 e. The van der Waals surface area contributed by atoms with Crippen molar-refractivity contribution in [3.63, 3.8) is 0 Å². The highest BCUT2D eigenvalue weighted by Crippen LogP contribution is 2.26. The average Bonchev–Trinajstić information content (AvgIpc) is 2.90. The monoisotopic (exact) mass is 231 g/mol. The molecule has 0 aliphatic heterocycles. The van der Waals surface area contributed by atoms with Crippen LogP contribution in [0.1, 0.15) is 32.6 Å². The Labute approximate surface area is 104 Å². The van der Waals surface area contributed by atoms with Crippen molar-refractivity contribution in [2.45, 2.75) is 32.6 Å². The predicted molar refractivity (Wildman–Crippen MR) is 71.3 cm³/mol. The zero-order chi connectivity index (χ0) is 12.1. The SMILES string of the molecule is CCN(CC(=O)C1CCCC1)c1ccccc1. The van der Waals surface area contributed by atoms with Crippen LogP contribution in [0.4, 0.5) is 5.69 Å². The van der Waals surface area contributed by atoms with Crippen LogP contribution in [0.3, 0.4) is 0 Å². The number of hydrogen-bond acceptors (Lipinski definition) is 2. The van der Waals surface area contributed by atoms with Crippen LogP contribution in [-0.4, -0.2) is 18.9 Å². The molecule has 0 spiro atoms. The van der Waals surface area contributed by atoms with E-state index in [1.54, 1.807) is 0 Å². The van der Waals surface area contributed by atoms with Gasteiger partial charge in [-0.05, 0) is 31.9 Å². The van der Waals surface area contributed by atoms with Crippen molar-refractivity contribution in [2.24, 2.45) is 5.92 Å². The third-order valence-electron chi connectivity index (χ3n) is 3.66. The zero-order valence-electron chi connectivity index (χ0n) is 10.6. The van der Waals surface area contributed by atoms with Gasteiger partial charge in [0.15, 0.2) is 5.78 Å². The van der Waals surface area contributed by atoms with E-state index in [1.165, 1.54) is 12.8 Å². The van der Waals surface area contributed by atoms with E-state index in [4.69, 9.17) is 0 Å². The van der Waals surface area contributed by atoms with Gasteiger partial charge in [0.1, 0.15) is 0 Å². The molecule has 2 nitrogen and oxygen atoms in total. The topological polar surface area (TPSA) is 20.3 Å². The average molecular weight is 231 g/mol. The van der Waals surface area contributed by atoms with Crippen LogP contribution in [-0.2, 0) is 4.79 Å². The van der Waals surface area contributed by atoms with Crippen LogP contribution >= 0.6 is 0 Å². The van der Waals surface area contributed by atoms with Gasteiger partial charge in [-0.25, -0.2) is 0 Å². The van der Waals surface area contributed by atoms with Gasteiger partial charge in [-0.3, -0.25) is 4.79 Å². The predicted octanol–water partition coefficient (Wildman–Crippen LogP) is 3.27. The van der Waals surface area contributed by atoms with Crippen molar-refractivity contribution in [1.82, 2.24) is 0 Å². The smallest absolute Gasteiger partial charge is 0.155 e. The van der Waals surface area contributed by atoms with Gasteiger partial charge in [-0.2, -0.15) is 0 Å². The van der Waals surface area contributed by atoms with Gasteiger partial charge in [0.05, 0.1) is 6.54 Å².